The van der Waals surface area contributed by atoms with E-state index in [2.05, 4.69) is 41.3 Å². The van der Waals surface area contributed by atoms with Crippen molar-refractivity contribution in [2.45, 2.75) is 19.9 Å². The minimum absolute atomic E-state index is 0.0982. The molecule has 1 heterocycles. The summed E-state index contributed by atoms with van der Waals surface area (Å²) in [5.74, 6) is 1.06. The summed E-state index contributed by atoms with van der Waals surface area (Å²) < 4.78 is 5.22. The van der Waals surface area contributed by atoms with Gasteiger partial charge in [-0.15, -0.1) is 0 Å². The molecule has 5 heteroatoms. The molecule has 0 saturated carbocycles. The third-order valence-electron chi connectivity index (χ3n) is 2.97. The van der Waals surface area contributed by atoms with Crippen molar-refractivity contribution in [2.24, 2.45) is 0 Å². The fraction of sp³-hybridized carbons (Fsp3) is 0.286. The number of aromatic nitrogens is 2. The SMILES string of the molecule is COc1c(Cl)ncnc1NC(C)c1ccccc1C. The second kappa shape index (κ2) is 5.89. The number of benzene rings is 1. The first kappa shape index (κ1) is 13.6. The van der Waals surface area contributed by atoms with Crippen LogP contribution in [0.25, 0.3) is 0 Å². The van der Waals surface area contributed by atoms with Gasteiger partial charge >= 0.3 is 0 Å². The highest BCUT2D eigenvalue weighted by Gasteiger charge is 2.14. The minimum Gasteiger partial charge on any atom is -0.490 e. The van der Waals surface area contributed by atoms with E-state index in [9.17, 15) is 0 Å². The molecule has 0 radical (unpaired) electrons. The van der Waals surface area contributed by atoms with Gasteiger partial charge in [0.25, 0.3) is 0 Å². The van der Waals surface area contributed by atoms with Gasteiger partial charge in [0.15, 0.2) is 16.7 Å². The largest absolute Gasteiger partial charge is 0.490 e. The Kier molecular flexibility index (Phi) is 4.22. The first-order chi connectivity index (χ1) is 9.13. The van der Waals surface area contributed by atoms with Gasteiger partial charge in [-0.1, -0.05) is 35.9 Å². The average molecular weight is 278 g/mol. The predicted molar refractivity (Wildman–Crippen MR) is 76.8 cm³/mol. The molecule has 0 aliphatic heterocycles. The van der Waals surface area contributed by atoms with Crippen LogP contribution >= 0.6 is 11.6 Å². The van der Waals surface area contributed by atoms with Gasteiger partial charge in [0.05, 0.1) is 13.2 Å². The summed E-state index contributed by atoms with van der Waals surface area (Å²) in [5, 5.41) is 3.60. The summed E-state index contributed by atoms with van der Waals surface area (Å²) in [6, 6.07) is 8.30. The van der Waals surface area contributed by atoms with Crippen molar-refractivity contribution in [2.75, 3.05) is 12.4 Å². The van der Waals surface area contributed by atoms with Gasteiger partial charge in [-0.25, -0.2) is 9.97 Å². The van der Waals surface area contributed by atoms with Crippen molar-refractivity contribution in [3.63, 3.8) is 0 Å². The zero-order valence-corrected chi connectivity index (χ0v) is 11.9. The molecular formula is C14H16ClN3O. The molecule has 2 aromatic rings. The van der Waals surface area contributed by atoms with Crippen LogP contribution in [0.5, 0.6) is 5.75 Å². The fourth-order valence-electron chi connectivity index (χ4n) is 1.99. The van der Waals surface area contributed by atoms with E-state index in [4.69, 9.17) is 16.3 Å². The van der Waals surface area contributed by atoms with Crippen molar-refractivity contribution in [3.05, 3.63) is 46.9 Å². The van der Waals surface area contributed by atoms with Gasteiger partial charge < -0.3 is 10.1 Å². The van der Waals surface area contributed by atoms with Crippen molar-refractivity contribution in [1.29, 1.82) is 0 Å². The molecule has 0 aliphatic carbocycles. The maximum atomic E-state index is 5.97. The zero-order chi connectivity index (χ0) is 13.8. The van der Waals surface area contributed by atoms with Gasteiger partial charge in [-0.3, -0.25) is 0 Å². The van der Waals surface area contributed by atoms with Crippen LogP contribution < -0.4 is 10.1 Å². The Morgan fingerprint density at radius 1 is 1.26 bits per heavy atom. The molecule has 0 spiro atoms. The van der Waals surface area contributed by atoms with Crippen LogP contribution in [0.2, 0.25) is 5.15 Å². The average Bonchev–Trinajstić information content (AvgIpc) is 2.39. The summed E-state index contributed by atoms with van der Waals surface area (Å²) in [6.45, 7) is 4.15. The molecule has 0 amide bonds. The number of nitrogens with one attached hydrogen (secondary N) is 1. The van der Waals surface area contributed by atoms with Crippen LogP contribution in [0.4, 0.5) is 5.82 Å². The van der Waals surface area contributed by atoms with Crippen LogP contribution in [0.15, 0.2) is 30.6 Å². The second-order valence-corrected chi connectivity index (χ2v) is 4.63. The van der Waals surface area contributed by atoms with Crippen LogP contribution in [-0.4, -0.2) is 17.1 Å². The molecule has 2 rings (SSSR count). The monoisotopic (exact) mass is 277 g/mol. The standard InChI is InChI=1S/C14H16ClN3O/c1-9-6-4-5-7-11(9)10(2)18-14-12(19-3)13(15)16-8-17-14/h4-8,10H,1-3H3,(H,16,17,18). The normalized spacial score (nSPS) is 12.0. The van der Waals surface area contributed by atoms with Crippen LogP contribution in [-0.2, 0) is 0 Å². The van der Waals surface area contributed by atoms with E-state index in [1.807, 2.05) is 12.1 Å². The lowest BCUT2D eigenvalue weighted by atomic mass is 10.0. The summed E-state index contributed by atoms with van der Waals surface area (Å²) in [4.78, 5) is 8.07. The molecular weight excluding hydrogens is 262 g/mol. The van der Waals surface area contributed by atoms with Crippen molar-refractivity contribution < 1.29 is 4.74 Å². The number of hydrogen-bond donors (Lipinski definition) is 1. The number of hydrogen-bond acceptors (Lipinski definition) is 4. The molecule has 1 N–H and O–H groups in total. The summed E-state index contributed by atoms with van der Waals surface area (Å²) in [7, 11) is 1.55. The summed E-state index contributed by atoms with van der Waals surface area (Å²) in [5.41, 5.74) is 2.43. The molecule has 0 saturated heterocycles. The lowest BCUT2D eigenvalue weighted by molar-refractivity contribution is 0.412. The summed E-state index contributed by atoms with van der Waals surface area (Å²) >= 11 is 5.97. The molecule has 1 aromatic carbocycles. The molecule has 100 valence electrons. The Labute approximate surface area is 117 Å². The quantitative estimate of drug-likeness (QED) is 0.867. The number of ether oxygens (including phenoxy) is 1. The van der Waals surface area contributed by atoms with E-state index in [-0.39, 0.29) is 6.04 Å². The first-order valence-electron chi connectivity index (χ1n) is 6.00. The Morgan fingerprint density at radius 3 is 2.68 bits per heavy atom. The third-order valence-corrected chi connectivity index (χ3v) is 3.24. The molecule has 4 nitrogen and oxygen atoms in total. The number of halogens is 1. The van der Waals surface area contributed by atoms with Crippen LogP contribution in [0, 0.1) is 6.92 Å². The van der Waals surface area contributed by atoms with Crippen LogP contribution in [0.1, 0.15) is 24.1 Å². The Bertz CT molecular complexity index is 574. The van der Waals surface area contributed by atoms with Crippen LogP contribution in [0.3, 0.4) is 0 Å². The van der Waals surface area contributed by atoms with E-state index in [1.54, 1.807) is 7.11 Å². The maximum Gasteiger partial charge on any atom is 0.198 e. The predicted octanol–water partition coefficient (Wildman–Crippen LogP) is 3.62. The zero-order valence-electron chi connectivity index (χ0n) is 11.1. The molecule has 19 heavy (non-hydrogen) atoms. The molecule has 0 bridgehead atoms. The molecule has 1 aromatic heterocycles. The molecule has 1 unspecified atom stereocenters. The smallest absolute Gasteiger partial charge is 0.198 e. The number of nitrogens with zero attached hydrogens (tertiary/aromatic N) is 2. The van der Waals surface area contributed by atoms with Gasteiger partial charge in [-0.05, 0) is 25.0 Å². The topological polar surface area (TPSA) is 47.0 Å². The Morgan fingerprint density at radius 2 is 2.00 bits per heavy atom. The van der Waals surface area contributed by atoms with Crippen molar-refractivity contribution in [1.82, 2.24) is 9.97 Å². The number of methoxy groups -OCH3 is 1. The van der Waals surface area contributed by atoms with E-state index < -0.39 is 0 Å². The first-order valence-corrected chi connectivity index (χ1v) is 6.37. The second-order valence-electron chi connectivity index (χ2n) is 4.27. The maximum absolute atomic E-state index is 5.97. The lowest BCUT2D eigenvalue weighted by Crippen LogP contribution is -2.10. The van der Waals surface area contributed by atoms with Gasteiger partial charge in [0, 0.05) is 0 Å². The number of rotatable bonds is 4. The fourth-order valence-corrected chi connectivity index (χ4v) is 2.20. The van der Waals surface area contributed by atoms with E-state index in [0.717, 1.165) is 0 Å². The number of anilines is 1. The highest BCUT2D eigenvalue weighted by atomic mass is 35.5. The van der Waals surface area contributed by atoms with Gasteiger partial charge in [0.2, 0.25) is 0 Å². The lowest BCUT2D eigenvalue weighted by Gasteiger charge is -2.18. The third kappa shape index (κ3) is 2.96. The highest BCUT2D eigenvalue weighted by molar-refractivity contribution is 6.31. The minimum atomic E-state index is 0.0982. The van der Waals surface area contributed by atoms with Gasteiger partial charge in [-0.2, -0.15) is 0 Å². The summed E-state index contributed by atoms with van der Waals surface area (Å²) in [6.07, 6.45) is 1.41. The van der Waals surface area contributed by atoms with E-state index >= 15 is 0 Å². The highest BCUT2D eigenvalue weighted by Crippen LogP contribution is 2.31. The molecule has 0 aliphatic rings. The number of aryl methyl sites for hydroxylation is 1. The van der Waals surface area contributed by atoms with E-state index in [0.29, 0.717) is 16.7 Å². The Balaban J connectivity index is 2.27. The van der Waals surface area contributed by atoms with Crippen molar-refractivity contribution >= 4 is 17.4 Å². The van der Waals surface area contributed by atoms with Crippen molar-refractivity contribution in [3.8, 4) is 5.75 Å². The molecule has 1 atom stereocenters. The van der Waals surface area contributed by atoms with E-state index in [1.165, 1.54) is 17.5 Å². The van der Waals surface area contributed by atoms with Gasteiger partial charge in [0.1, 0.15) is 6.33 Å². The molecule has 0 fully saturated rings. The Hall–Kier alpha value is -1.81.